The second-order valence-corrected chi connectivity index (χ2v) is 4.49. The van der Waals surface area contributed by atoms with Gasteiger partial charge < -0.3 is 4.90 Å². The quantitative estimate of drug-likeness (QED) is 0.457. The van der Waals surface area contributed by atoms with E-state index in [9.17, 15) is 10.1 Å². The molecular weight excluding hydrogens is 303 g/mol. The number of halogens is 2. The van der Waals surface area contributed by atoms with Gasteiger partial charge in [0.15, 0.2) is 0 Å². The van der Waals surface area contributed by atoms with Gasteiger partial charge in [0.05, 0.1) is 16.1 Å². The van der Waals surface area contributed by atoms with Crippen molar-refractivity contribution in [2.24, 2.45) is 0 Å². The minimum absolute atomic E-state index is 0.0281. The number of rotatable bonds is 6. The average molecular weight is 313 g/mol. The van der Waals surface area contributed by atoms with Crippen LogP contribution in [0.2, 0.25) is 0 Å². The van der Waals surface area contributed by atoms with Crippen LogP contribution in [-0.2, 0) is 0 Å². The Hall–Kier alpha value is -2.02. The predicted octanol–water partition coefficient (Wildman–Crippen LogP) is 2.62. The van der Waals surface area contributed by atoms with Gasteiger partial charge in [-0.25, -0.2) is 0 Å². The molecule has 1 aromatic carbocycles. The lowest BCUT2D eigenvalue weighted by Crippen LogP contribution is -2.28. The molecule has 0 heterocycles. The van der Waals surface area contributed by atoms with E-state index in [0.717, 1.165) is 6.07 Å². The zero-order chi connectivity index (χ0) is 15.1. The van der Waals surface area contributed by atoms with E-state index < -0.39 is 4.92 Å². The van der Waals surface area contributed by atoms with E-state index in [1.807, 2.05) is 6.07 Å². The van der Waals surface area contributed by atoms with Crippen LogP contribution in [0.4, 0.5) is 11.4 Å². The van der Waals surface area contributed by atoms with Crippen molar-refractivity contribution in [1.82, 2.24) is 0 Å². The Bertz CT molecular complexity index is 586. The Labute approximate surface area is 125 Å². The van der Waals surface area contributed by atoms with E-state index in [-0.39, 0.29) is 34.3 Å². The maximum absolute atomic E-state index is 11.1. The molecule has 8 heteroatoms. The van der Waals surface area contributed by atoms with Crippen LogP contribution in [-0.4, -0.2) is 29.8 Å². The minimum Gasteiger partial charge on any atom is -0.364 e. The third-order valence-corrected chi connectivity index (χ3v) is 2.94. The summed E-state index contributed by atoms with van der Waals surface area (Å²) >= 11 is 11.3. The third kappa shape index (κ3) is 3.51. The van der Waals surface area contributed by atoms with Crippen LogP contribution in [0.5, 0.6) is 0 Å². The average Bonchev–Trinajstić information content (AvgIpc) is 2.45. The molecule has 0 spiro atoms. The molecule has 104 valence electrons. The predicted molar refractivity (Wildman–Crippen MR) is 76.2 cm³/mol. The molecule has 0 atom stereocenters. The summed E-state index contributed by atoms with van der Waals surface area (Å²) in [6.07, 6.45) is 0. The highest BCUT2D eigenvalue weighted by Gasteiger charge is 2.22. The largest absolute Gasteiger partial charge is 0.364 e. The van der Waals surface area contributed by atoms with E-state index >= 15 is 0 Å². The molecular formula is C12H10Cl2N4O2. The Kier molecular flexibility index (Phi) is 6.05. The smallest absolute Gasteiger partial charge is 0.293 e. The van der Waals surface area contributed by atoms with Crippen molar-refractivity contribution >= 4 is 34.6 Å². The number of hydrogen-bond acceptors (Lipinski definition) is 5. The Balaban J connectivity index is 3.46. The second kappa shape index (κ2) is 7.54. The summed E-state index contributed by atoms with van der Waals surface area (Å²) in [7, 11) is 0. The topological polar surface area (TPSA) is 94.0 Å². The molecule has 20 heavy (non-hydrogen) atoms. The van der Waals surface area contributed by atoms with Crippen molar-refractivity contribution in [3.63, 3.8) is 0 Å². The van der Waals surface area contributed by atoms with Gasteiger partial charge in [-0.15, -0.1) is 23.2 Å². The molecule has 0 fully saturated rings. The molecule has 6 nitrogen and oxygen atoms in total. The fourth-order valence-electron chi connectivity index (χ4n) is 1.72. The second-order valence-electron chi connectivity index (χ2n) is 3.73. The molecule has 1 aromatic rings. The van der Waals surface area contributed by atoms with Crippen LogP contribution in [0.15, 0.2) is 12.1 Å². The van der Waals surface area contributed by atoms with Crippen molar-refractivity contribution in [2.75, 3.05) is 29.7 Å². The van der Waals surface area contributed by atoms with Gasteiger partial charge in [0.25, 0.3) is 5.69 Å². The molecule has 0 aliphatic rings. The zero-order valence-corrected chi connectivity index (χ0v) is 11.9. The molecule has 0 amide bonds. The number of nitrogens with zero attached hydrogens (tertiary/aromatic N) is 4. The van der Waals surface area contributed by atoms with E-state index in [2.05, 4.69) is 0 Å². The van der Waals surface area contributed by atoms with Crippen molar-refractivity contribution in [3.05, 3.63) is 33.4 Å². The van der Waals surface area contributed by atoms with Gasteiger partial charge in [0, 0.05) is 30.9 Å². The molecule has 0 saturated carbocycles. The van der Waals surface area contributed by atoms with E-state index in [1.54, 1.807) is 11.0 Å². The lowest BCUT2D eigenvalue weighted by atomic mass is 10.1. The number of alkyl halides is 2. The highest BCUT2D eigenvalue weighted by atomic mass is 35.5. The number of nitro benzene ring substituents is 1. The molecule has 0 aromatic heterocycles. The lowest BCUT2D eigenvalue weighted by Gasteiger charge is -2.22. The van der Waals surface area contributed by atoms with E-state index in [4.69, 9.17) is 33.7 Å². The molecule has 0 aliphatic carbocycles. The monoisotopic (exact) mass is 312 g/mol. The van der Waals surface area contributed by atoms with E-state index in [0.29, 0.717) is 13.1 Å². The van der Waals surface area contributed by atoms with Crippen molar-refractivity contribution in [2.45, 2.75) is 0 Å². The maximum Gasteiger partial charge on any atom is 0.293 e. The molecule has 0 saturated heterocycles. The summed E-state index contributed by atoms with van der Waals surface area (Å²) in [6.45, 7) is 0.706. The Morgan fingerprint density at radius 1 is 1.15 bits per heavy atom. The Morgan fingerprint density at radius 3 is 2.05 bits per heavy atom. The first-order valence-corrected chi connectivity index (χ1v) is 6.65. The van der Waals surface area contributed by atoms with Crippen LogP contribution in [0, 0.1) is 32.8 Å². The zero-order valence-electron chi connectivity index (χ0n) is 10.3. The van der Waals surface area contributed by atoms with E-state index in [1.165, 1.54) is 6.07 Å². The number of nitriles is 2. The SMILES string of the molecule is N#Cc1cc(N(CCCl)CCCl)c([N+](=O)[O-])cc1C#N. The molecule has 0 radical (unpaired) electrons. The fraction of sp³-hybridized carbons (Fsp3) is 0.333. The normalized spacial score (nSPS) is 9.60. The minimum atomic E-state index is -0.590. The standard InChI is InChI=1S/C12H10Cl2N4O2/c13-1-3-17(4-2-14)11-5-9(7-15)10(8-16)6-12(11)18(19)20/h5-6H,1-4H2. The summed E-state index contributed by atoms with van der Waals surface area (Å²) in [5.74, 6) is 0.520. The van der Waals surface area contributed by atoms with Crippen LogP contribution in [0.3, 0.4) is 0 Å². The Morgan fingerprint density at radius 2 is 1.65 bits per heavy atom. The summed E-state index contributed by atoms with van der Waals surface area (Å²) < 4.78 is 0. The van der Waals surface area contributed by atoms with Gasteiger partial charge in [-0.2, -0.15) is 10.5 Å². The highest BCUT2D eigenvalue weighted by Crippen LogP contribution is 2.31. The fourth-order valence-corrected chi connectivity index (χ4v) is 2.13. The first-order chi connectivity index (χ1) is 9.58. The third-order valence-electron chi connectivity index (χ3n) is 2.60. The first-order valence-electron chi connectivity index (χ1n) is 5.58. The highest BCUT2D eigenvalue weighted by molar-refractivity contribution is 6.18. The van der Waals surface area contributed by atoms with Crippen molar-refractivity contribution < 1.29 is 4.92 Å². The van der Waals surface area contributed by atoms with Crippen LogP contribution in [0.1, 0.15) is 11.1 Å². The lowest BCUT2D eigenvalue weighted by molar-refractivity contribution is -0.384. The van der Waals surface area contributed by atoms with Crippen LogP contribution >= 0.6 is 23.2 Å². The summed E-state index contributed by atoms with van der Waals surface area (Å²) in [5, 5.41) is 29.0. The van der Waals surface area contributed by atoms with Gasteiger partial charge in [0.2, 0.25) is 0 Å². The van der Waals surface area contributed by atoms with Gasteiger partial charge >= 0.3 is 0 Å². The van der Waals surface area contributed by atoms with Crippen LogP contribution in [0.25, 0.3) is 0 Å². The van der Waals surface area contributed by atoms with Gasteiger partial charge in [0.1, 0.15) is 17.8 Å². The summed E-state index contributed by atoms with van der Waals surface area (Å²) in [5.41, 5.74) is 0.0597. The summed E-state index contributed by atoms with van der Waals surface area (Å²) in [6, 6.07) is 6.06. The van der Waals surface area contributed by atoms with Crippen molar-refractivity contribution in [3.8, 4) is 12.1 Å². The van der Waals surface area contributed by atoms with Crippen molar-refractivity contribution in [1.29, 1.82) is 10.5 Å². The summed E-state index contributed by atoms with van der Waals surface area (Å²) in [4.78, 5) is 12.2. The molecule has 0 bridgehead atoms. The molecule has 1 rings (SSSR count). The molecule has 0 N–H and O–H groups in total. The number of hydrogen-bond donors (Lipinski definition) is 0. The maximum atomic E-state index is 11.1. The van der Waals surface area contributed by atoms with Gasteiger partial charge in [-0.05, 0) is 6.07 Å². The molecule has 0 unspecified atom stereocenters. The number of nitro groups is 1. The van der Waals surface area contributed by atoms with Gasteiger partial charge in [-0.1, -0.05) is 0 Å². The number of benzene rings is 1. The first kappa shape index (κ1) is 16.0. The number of anilines is 1. The molecule has 0 aliphatic heterocycles. The van der Waals surface area contributed by atoms with Crippen LogP contribution < -0.4 is 4.90 Å². The van der Waals surface area contributed by atoms with Gasteiger partial charge in [-0.3, -0.25) is 10.1 Å².